The van der Waals surface area contributed by atoms with E-state index < -0.39 is 0 Å². The van der Waals surface area contributed by atoms with Gasteiger partial charge in [0.05, 0.1) is 12.6 Å². The molecular weight excluding hydrogens is 338 g/mol. The predicted octanol–water partition coefficient (Wildman–Crippen LogP) is 2.95. The summed E-state index contributed by atoms with van der Waals surface area (Å²) < 4.78 is 5.75. The highest BCUT2D eigenvalue weighted by atomic mass is 16.5. The van der Waals surface area contributed by atoms with Crippen molar-refractivity contribution >= 4 is 5.91 Å². The third kappa shape index (κ3) is 6.51. The van der Waals surface area contributed by atoms with Crippen molar-refractivity contribution in [1.29, 1.82) is 0 Å². The molecule has 2 saturated heterocycles. The van der Waals surface area contributed by atoms with Crippen molar-refractivity contribution in [2.45, 2.75) is 58.0 Å². The zero-order chi connectivity index (χ0) is 18.9. The number of carbonyl (C=O) groups excluding carboxylic acids is 1. The van der Waals surface area contributed by atoms with E-state index in [4.69, 9.17) is 4.74 Å². The Balaban J connectivity index is 1.40. The van der Waals surface area contributed by atoms with Gasteiger partial charge in [-0.25, -0.2) is 0 Å². The molecule has 150 valence electrons. The fraction of sp³-hybridized carbons (Fsp3) is 0.682. The third-order valence-corrected chi connectivity index (χ3v) is 5.64. The highest BCUT2D eigenvalue weighted by Gasteiger charge is 2.24. The van der Waals surface area contributed by atoms with E-state index in [0.29, 0.717) is 5.92 Å². The molecule has 2 aliphatic heterocycles. The van der Waals surface area contributed by atoms with Crippen LogP contribution in [0.25, 0.3) is 0 Å². The molecule has 0 unspecified atom stereocenters. The van der Waals surface area contributed by atoms with Crippen LogP contribution in [0.3, 0.4) is 0 Å². The molecule has 2 atom stereocenters. The predicted molar refractivity (Wildman–Crippen MR) is 109 cm³/mol. The quantitative estimate of drug-likeness (QED) is 0.654. The number of hydrogen-bond donors (Lipinski definition) is 2. The summed E-state index contributed by atoms with van der Waals surface area (Å²) in [4.78, 5) is 14.7. The molecule has 2 fully saturated rings. The van der Waals surface area contributed by atoms with Crippen molar-refractivity contribution in [2.75, 3.05) is 32.8 Å². The largest absolute Gasteiger partial charge is 0.494 e. The van der Waals surface area contributed by atoms with Gasteiger partial charge in [0, 0.05) is 19.6 Å². The molecule has 0 spiro atoms. The van der Waals surface area contributed by atoms with E-state index in [-0.39, 0.29) is 11.9 Å². The number of rotatable bonds is 9. The minimum Gasteiger partial charge on any atom is -0.494 e. The fourth-order valence-electron chi connectivity index (χ4n) is 4.02. The second-order valence-electron chi connectivity index (χ2n) is 7.98. The summed E-state index contributed by atoms with van der Waals surface area (Å²) >= 11 is 0. The summed E-state index contributed by atoms with van der Waals surface area (Å²) in [6.45, 7) is 7.93. The molecule has 0 aromatic heterocycles. The standard InChI is InChI=1S/C22H35N3O2/c1-2-3-14-27-20-10-8-18(9-11-20)16-25-13-5-6-19(17-25)15-24-22(26)21-7-4-12-23-21/h8-11,19,21,23H,2-7,12-17H2,1H3,(H,24,26)/t19-,21+/m1/s1. The molecular formula is C22H35N3O2. The number of unbranched alkanes of at least 4 members (excludes halogenated alkanes) is 1. The van der Waals surface area contributed by atoms with Gasteiger partial charge in [0.2, 0.25) is 5.91 Å². The average Bonchev–Trinajstić information content (AvgIpc) is 3.23. The lowest BCUT2D eigenvalue weighted by molar-refractivity contribution is -0.123. The van der Waals surface area contributed by atoms with Crippen molar-refractivity contribution < 1.29 is 9.53 Å². The monoisotopic (exact) mass is 373 g/mol. The molecule has 0 bridgehead atoms. The van der Waals surface area contributed by atoms with Crippen LogP contribution in [0.4, 0.5) is 0 Å². The van der Waals surface area contributed by atoms with Gasteiger partial charge in [0.1, 0.15) is 5.75 Å². The van der Waals surface area contributed by atoms with Crippen LogP contribution in [0.2, 0.25) is 0 Å². The Kier molecular flexibility index (Phi) is 7.96. The molecule has 2 N–H and O–H groups in total. The zero-order valence-electron chi connectivity index (χ0n) is 16.7. The number of piperidine rings is 1. The Morgan fingerprint density at radius 1 is 1.26 bits per heavy atom. The second-order valence-corrected chi connectivity index (χ2v) is 7.98. The van der Waals surface area contributed by atoms with Crippen LogP contribution in [-0.4, -0.2) is 49.6 Å². The molecule has 1 aromatic carbocycles. The molecule has 5 nitrogen and oxygen atoms in total. The van der Waals surface area contributed by atoms with Crippen LogP contribution in [-0.2, 0) is 11.3 Å². The van der Waals surface area contributed by atoms with Gasteiger partial charge in [-0.3, -0.25) is 9.69 Å². The van der Waals surface area contributed by atoms with Crippen LogP contribution in [0.1, 0.15) is 51.0 Å². The molecule has 0 radical (unpaired) electrons. The molecule has 2 aliphatic rings. The highest BCUT2D eigenvalue weighted by molar-refractivity contribution is 5.81. The van der Waals surface area contributed by atoms with E-state index in [1.807, 2.05) is 0 Å². The van der Waals surface area contributed by atoms with Gasteiger partial charge >= 0.3 is 0 Å². The van der Waals surface area contributed by atoms with E-state index in [0.717, 1.165) is 70.8 Å². The number of nitrogens with zero attached hydrogens (tertiary/aromatic N) is 1. The minimum atomic E-state index is 0.0303. The Morgan fingerprint density at radius 2 is 2.11 bits per heavy atom. The topological polar surface area (TPSA) is 53.6 Å². The molecule has 1 amide bonds. The van der Waals surface area contributed by atoms with Gasteiger partial charge in [0.15, 0.2) is 0 Å². The van der Waals surface area contributed by atoms with Crippen LogP contribution in [0.15, 0.2) is 24.3 Å². The molecule has 0 aliphatic carbocycles. The van der Waals surface area contributed by atoms with E-state index in [1.54, 1.807) is 0 Å². The van der Waals surface area contributed by atoms with E-state index >= 15 is 0 Å². The molecule has 1 aromatic rings. The Labute approximate surface area is 163 Å². The maximum atomic E-state index is 12.2. The Bertz CT molecular complexity index is 569. The molecule has 5 heteroatoms. The second kappa shape index (κ2) is 10.7. The Morgan fingerprint density at radius 3 is 2.85 bits per heavy atom. The maximum absolute atomic E-state index is 12.2. The van der Waals surface area contributed by atoms with Crippen LogP contribution < -0.4 is 15.4 Å². The number of ether oxygens (including phenoxy) is 1. The SMILES string of the molecule is CCCCOc1ccc(CN2CCC[C@H](CNC(=O)[C@@H]3CCCN3)C2)cc1. The number of amides is 1. The number of hydrogen-bond acceptors (Lipinski definition) is 4. The molecule has 2 heterocycles. The van der Waals surface area contributed by atoms with Gasteiger partial charge in [-0.05, 0) is 68.8 Å². The van der Waals surface area contributed by atoms with Crippen molar-refractivity contribution in [2.24, 2.45) is 5.92 Å². The van der Waals surface area contributed by atoms with Crippen molar-refractivity contribution in [3.63, 3.8) is 0 Å². The molecule has 0 saturated carbocycles. The van der Waals surface area contributed by atoms with Gasteiger partial charge in [-0.1, -0.05) is 25.5 Å². The number of nitrogens with one attached hydrogen (secondary N) is 2. The van der Waals surface area contributed by atoms with E-state index in [2.05, 4.69) is 46.7 Å². The van der Waals surface area contributed by atoms with E-state index in [1.165, 1.54) is 18.4 Å². The zero-order valence-corrected chi connectivity index (χ0v) is 16.7. The summed E-state index contributed by atoms with van der Waals surface area (Å²) in [5, 5.41) is 6.44. The normalized spacial score (nSPS) is 23.3. The lowest BCUT2D eigenvalue weighted by Gasteiger charge is -2.33. The van der Waals surface area contributed by atoms with Gasteiger partial charge in [-0.15, -0.1) is 0 Å². The van der Waals surface area contributed by atoms with E-state index in [9.17, 15) is 4.79 Å². The average molecular weight is 374 g/mol. The summed E-state index contributed by atoms with van der Waals surface area (Å²) in [7, 11) is 0. The van der Waals surface area contributed by atoms with Gasteiger partial charge in [-0.2, -0.15) is 0 Å². The Hall–Kier alpha value is -1.59. The van der Waals surface area contributed by atoms with Crippen LogP contribution in [0.5, 0.6) is 5.75 Å². The first kappa shape index (κ1) is 20.2. The lowest BCUT2D eigenvalue weighted by atomic mass is 9.97. The summed E-state index contributed by atoms with van der Waals surface area (Å²) in [6.07, 6.45) is 6.76. The summed E-state index contributed by atoms with van der Waals surface area (Å²) in [6, 6.07) is 8.56. The first-order chi connectivity index (χ1) is 13.2. The van der Waals surface area contributed by atoms with Crippen molar-refractivity contribution in [3.8, 4) is 5.75 Å². The molecule has 3 rings (SSSR count). The van der Waals surface area contributed by atoms with Crippen LogP contribution >= 0.6 is 0 Å². The summed E-state index contributed by atoms with van der Waals surface area (Å²) in [5.41, 5.74) is 1.33. The summed E-state index contributed by atoms with van der Waals surface area (Å²) in [5.74, 6) is 1.70. The third-order valence-electron chi connectivity index (χ3n) is 5.64. The number of benzene rings is 1. The number of carbonyl (C=O) groups is 1. The first-order valence-corrected chi connectivity index (χ1v) is 10.7. The minimum absolute atomic E-state index is 0.0303. The van der Waals surface area contributed by atoms with Gasteiger partial charge in [0.25, 0.3) is 0 Å². The smallest absolute Gasteiger partial charge is 0.237 e. The fourth-order valence-corrected chi connectivity index (χ4v) is 4.02. The first-order valence-electron chi connectivity index (χ1n) is 10.7. The van der Waals surface area contributed by atoms with Crippen molar-refractivity contribution in [1.82, 2.24) is 15.5 Å². The van der Waals surface area contributed by atoms with Crippen molar-refractivity contribution in [3.05, 3.63) is 29.8 Å². The molecule has 27 heavy (non-hydrogen) atoms. The lowest BCUT2D eigenvalue weighted by Crippen LogP contribution is -2.45. The van der Waals surface area contributed by atoms with Gasteiger partial charge < -0.3 is 15.4 Å². The number of likely N-dealkylation sites (tertiary alicyclic amines) is 1. The maximum Gasteiger partial charge on any atom is 0.237 e. The highest BCUT2D eigenvalue weighted by Crippen LogP contribution is 2.20. The van der Waals surface area contributed by atoms with Crippen LogP contribution in [0, 0.1) is 5.92 Å².